The zero-order valence-corrected chi connectivity index (χ0v) is 7.78. The Kier molecular flexibility index (Phi) is 2.69. The first-order valence-electron chi connectivity index (χ1n) is 3.50. The highest BCUT2D eigenvalue weighted by Crippen LogP contribution is 2.14. The molecule has 13 heavy (non-hydrogen) atoms. The molecule has 74 valence electrons. The van der Waals surface area contributed by atoms with Gasteiger partial charge >= 0.3 is 0 Å². The van der Waals surface area contributed by atoms with Crippen LogP contribution in [0.3, 0.4) is 0 Å². The Morgan fingerprint density at radius 1 is 1.77 bits per heavy atom. The van der Waals surface area contributed by atoms with E-state index in [1.54, 1.807) is 6.92 Å². The number of aliphatic hydroxyl groups is 1. The van der Waals surface area contributed by atoms with Gasteiger partial charge in [0.2, 0.25) is 10.0 Å². The maximum absolute atomic E-state index is 10.6. The number of nitrogens with zero attached hydrogens (tertiary/aromatic N) is 1. The summed E-state index contributed by atoms with van der Waals surface area (Å²) < 4.78 is 25.8. The number of primary sulfonamides is 1. The van der Waals surface area contributed by atoms with Crippen LogP contribution in [0.5, 0.6) is 0 Å². The van der Waals surface area contributed by atoms with Crippen molar-refractivity contribution in [2.24, 2.45) is 5.14 Å². The Morgan fingerprint density at radius 2 is 2.38 bits per heavy atom. The van der Waals surface area contributed by atoms with Crippen LogP contribution in [0.2, 0.25) is 0 Å². The first-order valence-corrected chi connectivity index (χ1v) is 5.22. The fraction of sp³-hybridized carbons (Fsp3) is 0.500. The molecular formula is C6H10N2O4S. The number of aliphatic hydroxyl groups excluding tert-OH is 1. The molecule has 1 heterocycles. The Balaban J connectivity index is 2.75. The molecule has 1 aromatic rings. The third kappa shape index (κ3) is 3.13. The number of hydrogen-bond donors (Lipinski definition) is 2. The third-order valence-electron chi connectivity index (χ3n) is 1.36. The second-order valence-corrected chi connectivity index (χ2v) is 4.38. The molecular weight excluding hydrogens is 196 g/mol. The van der Waals surface area contributed by atoms with Crippen molar-refractivity contribution in [3.63, 3.8) is 0 Å². The monoisotopic (exact) mass is 206 g/mol. The van der Waals surface area contributed by atoms with E-state index in [0.29, 0.717) is 5.69 Å². The summed E-state index contributed by atoms with van der Waals surface area (Å²) in [4.78, 5) is 0. The van der Waals surface area contributed by atoms with Gasteiger partial charge in [0.25, 0.3) is 0 Å². The molecule has 6 nitrogen and oxygen atoms in total. The van der Waals surface area contributed by atoms with E-state index in [1.807, 2.05) is 0 Å². The Bertz CT molecular complexity index is 383. The summed E-state index contributed by atoms with van der Waals surface area (Å²) in [7, 11) is -3.70. The van der Waals surface area contributed by atoms with Crippen LogP contribution >= 0.6 is 0 Å². The van der Waals surface area contributed by atoms with Gasteiger partial charge in [0.1, 0.15) is 6.10 Å². The van der Waals surface area contributed by atoms with E-state index in [1.165, 1.54) is 6.07 Å². The van der Waals surface area contributed by atoms with Crippen LogP contribution in [-0.2, 0) is 10.0 Å². The minimum Gasteiger partial charge on any atom is -0.384 e. The van der Waals surface area contributed by atoms with Gasteiger partial charge in [-0.05, 0) is 6.92 Å². The molecule has 3 N–H and O–H groups in total. The van der Waals surface area contributed by atoms with Crippen molar-refractivity contribution in [3.8, 4) is 0 Å². The van der Waals surface area contributed by atoms with Crippen molar-refractivity contribution < 1.29 is 18.0 Å². The number of aromatic nitrogens is 1. The Labute approximate surface area is 75.4 Å². The molecule has 0 saturated heterocycles. The number of hydrogen-bond acceptors (Lipinski definition) is 5. The lowest BCUT2D eigenvalue weighted by Crippen LogP contribution is -2.21. The summed E-state index contributed by atoms with van der Waals surface area (Å²) in [6.45, 7) is 1.66. The first kappa shape index (κ1) is 10.2. The largest absolute Gasteiger partial charge is 0.384 e. The van der Waals surface area contributed by atoms with Gasteiger partial charge in [0.15, 0.2) is 5.76 Å². The summed E-state index contributed by atoms with van der Waals surface area (Å²) in [5.41, 5.74) is 0.573. The lowest BCUT2D eigenvalue weighted by Gasteiger charge is -2.03. The third-order valence-corrected chi connectivity index (χ3v) is 2.15. The van der Waals surface area contributed by atoms with Crippen LogP contribution in [0.4, 0.5) is 0 Å². The van der Waals surface area contributed by atoms with E-state index in [4.69, 9.17) is 5.14 Å². The second kappa shape index (κ2) is 3.44. The van der Waals surface area contributed by atoms with E-state index in [2.05, 4.69) is 9.68 Å². The van der Waals surface area contributed by atoms with Gasteiger partial charge in [-0.2, -0.15) is 0 Å². The van der Waals surface area contributed by atoms with Gasteiger partial charge in [-0.1, -0.05) is 5.16 Å². The molecule has 0 saturated carbocycles. The summed E-state index contributed by atoms with van der Waals surface area (Å²) in [5, 5.41) is 17.5. The molecule has 0 fully saturated rings. The summed E-state index contributed by atoms with van der Waals surface area (Å²) >= 11 is 0. The SMILES string of the molecule is Cc1cc(C(O)CS(N)(=O)=O)on1. The highest BCUT2D eigenvalue weighted by molar-refractivity contribution is 7.89. The lowest BCUT2D eigenvalue weighted by molar-refractivity contribution is 0.160. The quantitative estimate of drug-likeness (QED) is 0.680. The minimum absolute atomic E-state index is 0.103. The van der Waals surface area contributed by atoms with Crippen LogP contribution < -0.4 is 5.14 Å². The summed E-state index contributed by atoms with van der Waals surface area (Å²) in [6.07, 6.45) is -1.25. The zero-order valence-electron chi connectivity index (χ0n) is 6.97. The van der Waals surface area contributed by atoms with Crippen LogP contribution in [-0.4, -0.2) is 24.4 Å². The van der Waals surface area contributed by atoms with Crippen molar-refractivity contribution in [2.75, 3.05) is 5.75 Å². The van der Waals surface area contributed by atoms with Gasteiger partial charge in [-0.25, -0.2) is 13.6 Å². The average molecular weight is 206 g/mol. The molecule has 0 aliphatic carbocycles. The molecule has 1 unspecified atom stereocenters. The van der Waals surface area contributed by atoms with E-state index in [9.17, 15) is 13.5 Å². The topological polar surface area (TPSA) is 106 Å². The number of aryl methyl sites for hydroxylation is 1. The standard InChI is InChI=1S/C6H10N2O4S/c1-4-2-6(12-8-4)5(9)3-13(7,10)11/h2,5,9H,3H2,1H3,(H2,7,10,11). The fourth-order valence-corrected chi connectivity index (χ4v) is 1.45. The Morgan fingerprint density at radius 3 is 2.77 bits per heavy atom. The predicted molar refractivity (Wildman–Crippen MR) is 44.2 cm³/mol. The van der Waals surface area contributed by atoms with Crippen molar-refractivity contribution in [1.29, 1.82) is 0 Å². The van der Waals surface area contributed by atoms with Gasteiger partial charge in [0.05, 0.1) is 11.4 Å². The molecule has 1 aromatic heterocycles. The molecule has 0 aliphatic heterocycles. The normalized spacial score (nSPS) is 14.4. The van der Waals surface area contributed by atoms with Crippen LogP contribution in [0.1, 0.15) is 17.6 Å². The van der Waals surface area contributed by atoms with E-state index >= 15 is 0 Å². The molecule has 0 radical (unpaired) electrons. The molecule has 0 amide bonds. The van der Waals surface area contributed by atoms with Gasteiger partial charge in [0, 0.05) is 6.07 Å². The molecule has 1 rings (SSSR count). The molecule has 0 aliphatic rings. The van der Waals surface area contributed by atoms with E-state index in [0.717, 1.165) is 0 Å². The van der Waals surface area contributed by atoms with Crippen molar-refractivity contribution in [2.45, 2.75) is 13.0 Å². The number of rotatable bonds is 3. The smallest absolute Gasteiger partial charge is 0.212 e. The fourth-order valence-electron chi connectivity index (χ4n) is 0.842. The lowest BCUT2D eigenvalue weighted by atomic mass is 10.3. The van der Waals surface area contributed by atoms with Gasteiger partial charge in [-0.15, -0.1) is 0 Å². The summed E-state index contributed by atoms with van der Waals surface area (Å²) in [6, 6.07) is 1.45. The minimum atomic E-state index is -3.70. The highest BCUT2D eigenvalue weighted by Gasteiger charge is 2.18. The molecule has 0 aromatic carbocycles. The average Bonchev–Trinajstić information content (AvgIpc) is 2.31. The van der Waals surface area contributed by atoms with Gasteiger partial charge < -0.3 is 9.63 Å². The maximum atomic E-state index is 10.6. The second-order valence-electron chi connectivity index (χ2n) is 2.72. The van der Waals surface area contributed by atoms with Gasteiger partial charge in [-0.3, -0.25) is 0 Å². The van der Waals surface area contributed by atoms with Crippen LogP contribution in [0.15, 0.2) is 10.6 Å². The number of sulfonamides is 1. The van der Waals surface area contributed by atoms with E-state index in [-0.39, 0.29) is 5.76 Å². The van der Waals surface area contributed by atoms with Crippen molar-refractivity contribution >= 4 is 10.0 Å². The van der Waals surface area contributed by atoms with Crippen molar-refractivity contribution in [1.82, 2.24) is 5.16 Å². The van der Waals surface area contributed by atoms with Crippen LogP contribution in [0, 0.1) is 6.92 Å². The zero-order chi connectivity index (χ0) is 10.1. The summed E-state index contributed by atoms with van der Waals surface area (Å²) in [5.74, 6) is -0.465. The molecule has 0 spiro atoms. The maximum Gasteiger partial charge on any atom is 0.212 e. The molecule has 0 bridgehead atoms. The first-order chi connectivity index (χ1) is 5.88. The van der Waals surface area contributed by atoms with E-state index < -0.39 is 21.9 Å². The van der Waals surface area contributed by atoms with Crippen molar-refractivity contribution in [3.05, 3.63) is 17.5 Å². The Hall–Kier alpha value is -0.920. The number of nitrogens with two attached hydrogens (primary N) is 1. The highest BCUT2D eigenvalue weighted by atomic mass is 32.2. The molecule has 7 heteroatoms. The molecule has 1 atom stereocenters. The van der Waals surface area contributed by atoms with Crippen LogP contribution in [0.25, 0.3) is 0 Å². The predicted octanol–water partition coefficient (Wildman–Crippen LogP) is -0.695.